The molecule has 1 atom stereocenters. The maximum Gasteiger partial charge on any atom is 0.308 e. The molecule has 0 amide bonds. The third-order valence-corrected chi connectivity index (χ3v) is 2.01. The van der Waals surface area contributed by atoms with Crippen LogP contribution in [0.4, 0.5) is 0 Å². The highest BCUT2D eigenvalue weighted by Crippen LogP contribution is 2.18. The van der Waals surface area contributed by atoms with E-state index in [2.05, 4.69) is 20.4 Å². The zero-order valence-corrected chi connectivity index (χ0v) is 8.88. The fourth-order valence-electron chi connectivity index (χ4n) is 1.39. The molecule has 0 aliphatic carbocycles. The molecule has 0 aromatic carbocycles. The average Bonchev–Trinajstić information content (AvgIpc) is 2.10. The molecule has 0 spiro atoms. The molecule has 0 rings (SSSR count). The Bertz CT molecular complexity index is 161. The third kappa shape index (κ3) is 5.45. The number of hydrogen-bond donors (Lipinski definition) is 0. The van der Waals surface area contributed by atoms with Crippen LogP contribution in [-0.4, -0.2) is 13.1 Å². The molecule has 0 aromatic rings. The molecule has 0 saturated carbocycles. The van der Waals surface area contributed by atoms with Gasteiger partial charge in [-0.25, -0.2) is 0 Å². The van der Waals surface area contributed by atoms with Gasteiger partial charge in [-0.15, -0.1) is 6.58 Å². The molecule has 0 aliphatic heterocycles. The zero-order chi connectivity index (χ0) is 10.3. The molecule has 76 valence electrons. The molecule has 2 heteroatoms. The number of allylic oxidation sites excluding steroid dienone is 1. The number of rotatable bonds is 6. The third-order valence-electron chi connectivity index (χ3n) is 2.01. The summed E-state index contributed by atoms with van der Waals surface area (Å²) in [6.07, 6.45) is 4.48. The minimum absolute atomic E-state index is 0.0444. The Labute approximate surface area is 81.0 Å². The Morgan fingerprint density at radius 2 is 2.15 bits per heavy atom. The van der Waals surface area contributed by atoms with Gasteiger partial charge in [-0.3, -0.25) is 4.79 Å². The molecule has 0 radical (unpaired) electrons. The van der Waals surface area contributed by atoms with Gasteiger partial charge in [0.25, 0.3) is 0 Å². The number of carbonyl (C=O) groups is 1. The van der Waals surface area contributed by atoms with E-state index in [0.29, 0.717) is 5.92 Å². The predicted octanol–water partition coefficient (Wildman–Crippen LogP) is 2.79. The summed E-state index contributed by atoms with van der Waals surface area (Å²) in [6, 6.07) is 0. The van der Waals surface area contributed by atoms with Crippen LogP contribution in [0.15, 0.2) is 12.7 Å². The van der Waals surface area contributed by atoms with Crippen LogP contribution >= 0.6 is 0 Å². The fourth-order valence-corrected chi connectivity index (χ4v) is 1.39. The van der Waals surface area contributed by atoms with Crippen molar-refractivity contribution in [3.63, 3.8) is 0 Å². The van der Waals surface area contributed by atoms with Crippen LogP contribution in [-0.2, 0) is 9.53 Å². The van der Waals surface area contributed by atoms with Crippen LogP contribution in [0.5, 0.6) is 0 Å². The lowest BCUT2D eigenvalue weighted by Gasteiger charge is -2.15. The maximum absolute atomic E-state index is 11.3. The van der Waals surface area contributed by atoms with E-state index in [4.69, 9.17) is 4.74 Å². The van der Waals surface area contributed by atoms with Gasteiger partial charge in [0.15, 0.2) is 0 Å². The highest BCUT2D eigenvalue weighted by molar-refractivity contribution is 5.72. The van der Waals surface area contributed by atoms with E-state index in [9.17, 15) is 4.79 Å². The lowest BCUT2D eigenvalue weighted by atomic mass is 9.93. The average molecular weight is 184 g/mol. The summed E-state index contributed by atoms with van der Waals surface area (Å²) in [4.78, 5) is 11.3. The molecule has 13 heavy (non-hydrogen) atoms. The minimum atomic E-state index is -0.0875. The molecule has 2 nitrogen and oxygen atoms in total. The van der Waals surface area contributed by atoms with Crippen molar-refractivity contribution >= 4 is 5.97 Å². The Morgan fingerprint density at radius 3 is 2.54 bits per heavy atom. The molecule has 0 N–H and O–H groups in total. The maximum atomic E-state index is 11.3. The Kier molecular flexibility index (Phi) is 6.29. The van der Waals surface area contributed by atoms with Crippen molar-refractivity contribution < 1.29 is 9.53 Å². The first kappa shape index (κ1) is 12.2. The van der Waals surface area contributed by atoms with E-state index >= 15 is 0 Å². The normalized spacial score (nSPS) is 12.6. The van der Waals surface area contributed by atoms with Gasteiger partial charge < -0.3 is 4.74 Å². The Hall–Kier alpha value is -0.790. The number of carbonyl (C=O) groups excluding carboxylic acids is 1. The number of methoxy groups -OCH3 is 1. The van der Waals surface area contributed by atoms with Crippen molar-refractivity contribution in [2.24, 2.45) is 11.8 Å². The van der Waals surface area contributed by atoms with Gasteiger partial charge in [0.2, 0.25) is 0 Å². The largest absolute Gasteiger partial charge is 0.469 e. The molecular weight excluding hydrogens is 164 g/mol. The molecular formula is C11H20O2. The van der Waals surface area contributed by atoms with Crippen LogP contribution in [0, 0.1) is 11.8 Å². The number of ether oxygens (including phenoxy) is 1. The van der Waals surface area contributed by atoms with Gasteiger partial charge >= 0.3 is 5.97 Å². The van der Waals surface area contributed by atoms with E-state index in [-0.39, 0.29) is 11.9 Å². The van der Waals surface area contributed by atoms with Gasteiger partial charge in [0, 0.05) is 0 Å². The van der Waals surface area contributed by atoms with Gasteiger partial charge in [0.1, 0.15) is 0 Å². The van der Waals surface area contributed by atoms with Crippen molar-refractivity contribution in [3.05, 3.63) is 12.7 Å². The molecule has 0 aromatic heterocycles. The molecule has 0 bridgehead atoms. The predicted molar refractivity (Wildman–Crippen MR) is 54.4 cm³/mol. The number of hydrogen-bond acceptors (Lipinski definition) is 2. The van der Waals surface area contributed by atoms with E-state index < -0.39 is 0 Å². The van der Waals surface area contributed by atoms with Gasteiger partial charge in [0.05, 0.1) is 13.0 Å². The van der Waals surface area contributed by atoms with Gasteiger partial charge in [-0.1, -0.05) is 19.9 Å². The van der Waals surface area contributed by atoms with Crippen molar-refractivity contribution in [1.82, 2.24) is 0 Å². The van der Waals surface area contributed by atoms with Gasteiger partial charge in [-0.05, 0) is 25.2 Å². The van der Waals surface area contributed by atoms with E-state index in [1.54, 1.807) is 0 Å². The summed E-state index contributed by atoms with van der Waals surface area (Å²) >= 11 is 0. The molecule has 0 aliphatic rings. The second-order valence-corrected chi connectivity index (χ2v) is 3.72. The smallest absolute Gasteiger partial charge is 0.308 e. The van der Waals surface area contributed by atoms with Crippen LogP contribution in [0.3, 0.4) is 0 Å². The summed E-state index contributed by atoms with van der Waals surface area (Å²) in [5.41, 5.74) is 0. The van der Waals surface area contributed by atoms with Gasteiger partial charge in [-0.2, -0.15) is 0 Å². The van der Waals surface area contributed by atoms with E-state index in [1.807, 2.05) is 6.08 Å². The summed E-state index contributed by atoms with van der Waals surface area (Å²) in [6.45, 7) is 7.87. The summed E-state index contributed by atoms with van der Waals surface area (Å²) < 4.78 is 4.74. The summed E-state index contributed by atoms with van der Waals surface area (Å²) in [5, 5.41) is 0. The van der Waals surface area contributed by atoms with Crippen molar-refractivity contribution in [2.75, 3.05) is 7.11 Å². The van der Waals surface area contributed by atoms with Crippen LogP contribution in [0.1, 0.15) is 33.1 Å². The molecule has 0 saturated heterocycles. The first-order valence-corrected chi connectivity index (χ1v) is 4.80. The Balaban J connectivity index is 4.01. The summed E-state index contributed by atoms with van der Waals surface area (Å²) in [7, 11) is 1.45. The monoisotopic (exact) mass is 184 g/mol. The number of esters is 1. The van der Waals surface area contributed by atoms with Crippen LogP contribution in [0.2, 0.25) is 0 Å². The lowest BCUT2D eigenvalue weighted by molar-refractivity contribution is -0.146. The van der Waals surface area contributed by atoms with Crippen molar-refractivity contribution in [3.8, 4) is 0 Å². The van der Waals surface area contributed by atoms with E-state index in [0.717, 1.165) is 19.3 Å². The second-order valence-electron chi connectivity index (χ2n) is 3.72. The standard InChI is InChI=1S/C11H20O2/c1-5-6-7-10(8-9(2)3)11(12)13-4/h5,9-10H,1,6-8H2,2-4H3. The first-order valence-electron chi connectivity index (χ1n) is 4.80. The lowest BCUT2D eigenvalue weighted by Crippen LogP contribution is -2.18. The SMILES string of the molecule is C=CCCC(CC(C)C)C(=O)OC. The second kappa shape index (κ2) is 6.70. The van der Waals surface area contributed by atoms with Crippen LogP contribution < -0.4 is 0 Å². The summed E-state index contributed by atoms with van der Waals surface area (Å²) in [5.74, 6) is 0.493. The topological polar surface area (TPSA) is 26.3 Å². The zero-order valence-electron chi connectivity index (χ0n) is 8.88. The highest BCUT2D eigenvalue weighted by atomic mass is 16.5. The van der Waals surface area contributed by atoms with Crippen LogP contribution in [0.25, 0.3) is 0 Å². The fraction of sp³-hybridized carbons (Fsp3) is 0.727. The molecule has 0 heterocycles. The minimum Gasteiger partial charge on any atom is -0.469 e. The molecule has 0 fully saturated rings. The quantitative estimate of drug-likeness (QED) is 0.468. The molecule has 1 unspecified atom stereocenters. The Morgan fingerprint density at radius 1 is 1.54 bits per heavy atom. The van der Waals surface area contributed by atoms with Crippen molar-refractivity contribution in [2.45, 2.75) is 33.1 Å². The highest BCUT2D eigenvalue weighted by Gasteiger charge is 2.19. The first-order chi connectivity index (χ1) is 6.11. The van der Waals surface area contributed by atoms with Crippen molar-refractivity contribution in [1.29, 1.82) is 0 Å². The van der Waals surface area contributed by atoms with E-state index in [1.165, 1.54) is 7.11 Å².